The summed E-state index contributed by atoms with van der Waals surface area (Å²) in [4.78, 5) is 20.8. The highest BCUT2D eigenvalue weighted by atomic mass is 19.4. The summed E-state index contributed by atoms with van der Waals surface area (Å²) < 4.78 is 42.5. The van der Waals surface area contributed by atoms with E-state index >= 15 is 0 Å². The Kier molecular flexibility index (Phi) is 5.08. The van der Waals surface area contributed by atoms with E-state index in [1.165, 1.54) is 7.05 Å². The zero-order valence-electron chi connectivity index (χ0n) is 10.8. The Morgan fingerprint density at radius 3 is 2.57 bits per heavy atom. The van der Waals surface area contributed by atoms with Crippen molar-refractivity contribution >= 4 is 11.6 Å². The van der Waals surface area contributed by atoms with Crippen LogP contribution in [-0.2, 0) is 11.0 Å². The van der Waals surface area contributed by atoms with Crippen LogP contribution >= 0.6 is 0 Å². The first-order chi connectivity index (χ1) is 9.66. The van der Waals surface area contributed by atoms with Crippen LogP contribution in [0.25, 0.3) is 0 Å². The number of hydrogen-bond acceptors (Lipinski definition) is 5. The maximum absolute atomic E-state index is 12.5. The second kappa shape index (κ2) is 6.39. The number of hydrogen-bond donors (Lipinski definition) is 2. The van der Waals surface area contributed by atoms with Gasteiger partial charge in [-0.1, -0.05) is 0 Å². The molecule has 0 saturated carbocycles. The Balaban J connectivity index is 3.02. The molecule has 0 bridgehead atoms. The number of alkyl halides is 3. The summed E-state index contributed by atoms with van der Waals surface area (Å²) in [7, 11) is 1.42. The fraction of sp³-hybridized carbons (Fsp3) is 0.364. The van der Waals surface area contributed by atoms with Crippen LogP contribution in [0.3, 0.4) is 0 Å². The van der Waals surface area contributed by atoms with E-state index in [9.17, 15) is 28.1 Å². The summed E-state index contributed by atoms with van der Waals surface area (Å²) in [5.41, 5.74) is 3.02. The van der Waals surface area contributed by atoms with Gasteiger partial charge in [-0.2, -0.15) is 13.2 Å². The number of rotatable bonds is 6. The van der Waals surface area contributed by atoms with Crippen LogP contribution in [0.1, 0.15) is 5.56 Å². The third-order valence-corrected chi connectivity index (χ3v) is 2.58. The van der Waals surface area contributed by atoms with Crippen molar-refractivity contribution in [3.8, 4) is 5.75 Å². The van der Waals surface area contributed by atoms with Gasteiger partial charge < -0.3 is 15.8 Å². The molecule has 0 spiro atoms. The van der Waals surface area contributed by atoms with Gasteiger partial charge in [-0.15, -0.1) is 0 Å². The molecule has 1 aromatic carbocycles. The lowest BCUT2D eigenvalue weighted by atomic mass is 10.2. The summed E-state index contributed by atoms with van der Waals surface area (Å²) in [6.45, 7) is -0.349. The molecule has 0 aliphatic carbocycles. The Hall–Kier alpha value is -2.36. The van der Waals surface area contributed by atoms with E-state index in [4.69, 9.17) is 10.5 Å². The van der Waals surface area contributed by atoms with Crippen LogP contribution in [0.4, 0.5) is 18.9 Å². The third kappa shape index (κ3) is 4.31. The number of primary amides is 1. The number of ether oxygens (including phenoxy) is 1. The molecule has 116 valence electrons. The van der Waals surface area contributed by atoms with E-state index in [0.29, 0.717) is 12.1 Å². The number of carbonyl (C=O) groups is 1. The molecule has 0 radical (unpaired) electrons. The highest BCUT2D eigenvalue weighted by molar-refractivity contribution is 5.80. The molecule has 0 aliphatic heterocycles. The fourth-order valence-corrected chi connectivity index (χ4v) is 1.44. The first-order valence-electron chi connectivity index (χ1n) is 5.61. The van der Waals surface area contributed by atoms with Crippen molar-refractivity contribution < 1.29 is 27.6 Å². The van der Waals surface area contributed by atoms with Gasteiger partial charge in [0.2, 0.25) is 5.91 Å². The number of nitrogens with zero attached hydrogens (tertiary/aromatic N) is 1. The molecule has 0 aliphatic rings. The lowest BCUT2D eigenvalue weighted by molar-refractivity contribution is -0.386. The molecule has 0 saturated heterocycles. The monoisotopic (exact) mass is 307 g/mol. The lowest BCUT2D eigenvalue weighted by Crippen LogP contribution is -2.43. The summed E-state index contributed by atoms with van der Waals surface area (Å²) in [5.74, 6) is -1.14. The molecule has 1 unspecified atom stereocenters. The topological polar surface area (TPSA) is 107 Å². The second-order valence-corrected chi connectivity index (χ2v) is 3.99. The maximum atomic E-state index is 12.5. The van der Waals surface area contributed by atoms with Crippen LogP contribution in [0.2, 0.25) is 0 Å². The van der Waals surface area contributed by atoms with Crippen LogP contribution in [0.5, 0.6) is 5.75 Å². The van der Waals surface area contributed by atoms with Gasteiger partial charge in [-0.3, -0.25) is 14.9 Å². The van der Waals surface area contributed by atoms with E-state index in [-0.39, 0.29) is 12.4 Å². The molecule has 1 aromatic rings. The number of nitrogens with two attached hydrogens (primary N) is 1. The van der Waals surface area contributed by atoms with E-state index in [0.717, 1.165) is 6.07 Å². The highest BCUT2D eigenvalue weighted by Crippen LogP contribution is 2.36. The number of nitrogens with one attached hydrogen (secondary N) is 1. The number of likely N-dealkylation sites (N-methyl/N-ethyl adjacent to an activating group) is 1. The molecule has 3 N–H and O–H groups in total. The average Bonchev–Trinajstić information content (AvgIpc) is 2.37. The predicted octanol–water partition coefficient (Wildman–Crippen LogP) is 1.07. The van der Waals surface area contributed by atoms with E-state index in [2.05, 4.69) is 5.32 Å². The van der Waals surface area contributed by atoms with Gasteiger partial charge in [-0.05, 0) is 19.2 Å². The first kappa shape index (κ1) is 16.7. The zero-order valence-corrected chi connectivity index (χ0v) is 10.8. The largest absolute Gasteiger partial charge is 0.485 e. The van der Waals surface area contributed by atoms with Crippen LogP contribution < -0.4 is 15.8 Å². The minimum atomic E-state index is -4.70. The summed E-state index contributed by atoms with van der Waals surface area (Å²) in [6, 6.07) is 0.927. The molecule has 0 aromatic heterocycles. The van der Waals surface area contributed by atoms with Gasteiger partial charge in [0.15, 0.2) is 5.75 Å². The quantitative estimate of drug-likeness (QED) is 0.603. The maximum Gasteiger partial charge on any atom is 0.416 e. The summed E-state index contributed by atoms with van der Waals surface area (Å²) in [5, 5.41) is 13.3. The van der Waals surface area contributed by atoms with Crippen molar-refractivity contribution in [1.82, 2.24) is 5.32 Å². The highest BCUT2D eigenvalue weighted by Gasteiger charge is 2.33. The number of amides is 1. The Bertz CT molecular complexity index is 548. The molecule has 0 heterocycles. The number of benzene rings is 1. The molecule has 1 atom stereocenters. The van der Waals surface area contributed by atoms with Gasteiger partial charge in [0.05, 0.1) is 10.5 Å². The van der Waals surface area contributed by atoms with Crippen molar-refractivity contribution in [3.63, 3.8) is 0 Å². The number of halogens is 3. The number of carbonyl (C=O) groups excluding carboxylic acids is 1. The summed E-state index contributed by atoms with van der Waals surface area (Å²) in [6.07, 6.45) is -4.70. The van der Waals surface area contributed by atoms with Crippen molar-refractivity contribution in [2.75, 3.05) is 13.7 Å². The first-order valence-corrected chi connectivity index (χ1v) is 5.61. The van der Waals surface area contributed by atoms with Gasteiger partial charge in [0, 0.05) is 6.07 Å². The van der Waals surface area contributed by atoms with Gasteiger partial charge in [0.25, 0.3) is 0 Å². The molecule has 0 fully saturated rings. The normalized spacial score (nSPS) is 12.8. The van der Waals surface area contributed by atoms with Crippen molar-refractivity contribution in [2.45, 2.75) is 12.2 Å². The number of nitro benzene ring substituents is 1. The Morgan fingerprint density at radius 2 is 2.14 bits per heavy atom. The smallest absolute Gasteiger partial charge is 0.416 e. The molecule has 10 heteroatoms. The number of nitro groups is 1. The SMILES string of the molecule is CNC(COc1ccc(C(F)(F)F)cc1[N+](=O)[O-])C(N)=O. The molecule has 1 rings (SSSR count). The van der Waals surface area contributed by atoms with Crippen molar-refractivity contribution in [2.24, 2.45) is 5.73 Å². The van der Waals surface area contributed by atoms with Crippen LogP contribution in [0, 0.1) is 10.1 Å². The lowest BCUT2D eigenvalue weighted by Gasteiger charge is -2.14. The van der Waals surface area contributed by atoms with Crippen molar-refractivity contribution in [1.29, 1.82) is 0 Å². The predicted molar refractivity (Wildman–Crippen MR) is 65.6 cm³/mol. The van der Waals surface area contributed by atoms with Crippen molar-refractivity contribution in [3.05, 3.63) is 33.9 Å². The second-order valence-electron chi connectivity index (χ2n) is 3.99. The minimum absolute atomic E-state index is 0.349. The zero-order chi connectivity index (χ0) is 16.2. The molecule has 1 amide bonds. The van der Waals surface area contributed by atoms with Gasteiger partial charge in [0.1, 0.15) is 12.6 Å². The summed E-state index contributed by atoms with van der Waals surface area (Å²) >= 11 is 0. The van der Waals surface area contributed by atoms with Gasteiger partial charge >= 0.3 is 11.9 Å². The van der Waals surface area contributed by atoms with Crippen LogP contribution in [-0.4, -0.2) is 30.5 Å². The Morgan fingerprint density at radius 1 is 1.52 bits per heavy atom. The fourth-order valence-electron chi connectivity index (χ4n) is 1.44. The molecular weight excluding hydrogens is 295 g/mol. The molecule has 21 heavy (non-hydrogen) atoms. The average molecular weight is 307 g/mol. The van der Waals surface area contributed by atoms with Gasteiger partial charge in [-0.25, -0.2) is 0 Å². The van der Waals surface area contributed by atoms with Crippen LogP contribution in [0.15, 0.2) is 18.2 Å². The minimum Gasteiger partial charge on any atom is -0.485 e. The molecular formula is C11H12F3N3O4. The van der Waals surface area contributed by atoms with E-state index in [1.807, 2.05) is 0 Å². The Labute approximate surface area is 117 Å². The van der Waals surface area contributed by atoms with E-state index < -0.39 is 34.3 Å². The third-order valence-electron chi connectivity index (χ3n) is 2.58. The standard InChI is InChI=1S/C11H12F3N3O4/c1-16-7(10(15)18)5-21-9-3-2-6(11(12,13)14)4-8(9)17(19)20/h2-4,7,16H,5H2,1H3,(H2,15,18). The molecule has 7 nitrogen and oxygen atoms in total. The van der Waals surface area contributed by atoms with E-state index in [1.54, 1.807) is 0 Å².